The first-order valence-corrected chi connectivity index (χ1v) is 13.0. The predicted octanol–water partition coefficient (Wildman–Crippen LogP) is 3.95. The third-order valence-electron chi connectivity index (χ3n) is 6.78. The Hall–Kier alpha value is -3.78. The second-order valence-corrected chi connectivity index (χ2v) is 9.40. The van der Waals surface area contributed by atoms with Crippen LogP contribution in [-0.4, -0.2) is 48.0 Å². The standard InChI is InChI=1S/C29H37N5O3/c1-37-22-11-12-26-24(17-22)20(18-32-26)13-15-31-29(36)27(34-28(35)10-4-2-3-7-14-30)16-21-19-33-25-9-6-5-8-23(21)25/h5-6,8-9,11-12,17-19,27,32-33H,2-4,7,10,13-16,30H2,1H3,(H,31,36)(H,34,35). The molecule has 6 N–H and O–H groups in total. The van der Waals surface area contributed by atoms with Crippen molar-refractivity contribution in [1.29, 1.82) is 0 Å². The number of H-pyrrole nitrogens is 2. The summed E-state index contributed by atoms with van der Waals surface area (Å²) in [6.45, 7) is 1.13. The maximum Gasteiger partial charge on any atom is 0.242 e. The van der Waals surface area contributed by atoms with Crippen molar-refractivity contribution in [3.8, 4) is 5.75 Å². The molecule has 2 aromatic heterocycles. The topological polar surface area (TPSA) is 125 Å². The van der Waals surface area contributed by atoms with Gasteiger partial charge in [-0.15, -0.1) is 0 Å². The number of aromatic nitrogens is 2. The van der Waals surface area contributed by atoms with Gasteiger partial charge in [-0.1, -0.05) is 31.0 Å². The van der Waals surface area contributed by atoms with Gasteiger partial charge in [0.1, 0.15) is 11.8 Å². The highest BCUT2D eigenvalue weighted by molar-refractivity contribution is 5.90. The monoisotopic (exact) mass is 503 g/mol. The lowest BCUT2D eigenvalue weighted by Crippen LogP contribution is -2.48. The fraction of sp³-hybridized carbons (Fsp3) is 0.379. The minimum atomic E-state index is -0.654. The van der Waals surface area contributed by atoms with Gasteiger partial charge in [0, 0.05) is 53.6 Å². The highest BCUT2D eigenvalue weighted by Crippen LogP contribution is 2.24. The maximum atomic E-state index is 13.3. The van der Waals surface area contributed by atoms with Crippen LogP contribution in [0.4, 0.5) is 0 Å². The summed E-state index contributed by atoms with van der Waals surface area (Å²) in [5, 5.41) is 8.16. The Balaban J connectivity index is 1.39. The summed E-state index contributed by atoms with van der Waals surface area (Å²) < 4.78 is 5.35. The van der Waals surface area contributed by atoms with Crippen molar-refractivity contribution in [3.63, 3.8) is 0 Å². The van der Waals surface area contributed by atoms with Gasteiger partial charge in [0.25, 0.3) is 0 Å². The minimum absolute atomic E-state index is 0.100. The largest absolute Gasteiger partial charge is 0.497 e. The lowest BCUT2D eigenvalue weighted by molar-refractivity contribution is -0.129. The summed E-state index contributed by atoms with van der Waals surface area (Å²) >= 11 is 0. The Bertz CT molecular complexity index is 1330. The second kappa shape index (κ2) is 13.0. The van der Waals surface area contributed by atoms with Crippen LogP contribution in [0.5, 0.6) is 5.75 Å². The number of methoxy groups -OCH3 is 1. The fourth-order valence-electron chi connectivity index (χ4n) is 4.71. The van der Waals surface area contributed by atoms with E-state index in [0.717, 1.165) is 64.4 Å². The molecule has 2 aromatic carbocycles. The van der Waals surface area contributed by atoms with Crippen molar-refractivity contribution in [1.82, 2.24) is 20.6 Å². The highest BCUT2D eigenvalue weighted by Gasteiger charge is 2.22. The summed E-state index contributed by atoms with van der Waals surface area (Å²) in [5.74, 6) is 0.512. The van der Waals surface area contributed by atoms with Crippen LogP contribution in [0.2, 0.25) is 0 Å². The van der Waals surface area contributed by atoms with E-state index in [1.54, 1.807) is 7.11 Å². The molecule has 0 spiro atoms. The molecule has 4 rings (SSSR count). The number of hydrogen-bond donors (Lipinski definition) is 5. The van der Waals surface area contributed by atoms with E-state index in [-0.39, 0.29) is 11.8 Å². The molecule has 2 heterocycles. The van der Waals surface area contributed by atoms with E-state index in [1.165, 1.54) is 0 Å². The Kier molecular flexibility index (Phi) is 9.21. The van der Waals surface area contributed by atoms with Gasteiger partial charge in [0.05, 0.1) is 7.11 Å². The third kappa shape index (κ3) is 6.92. The van der Waals surface area contributed by atoms with Gasteiger partial charge in [0.15, 0.2) is 0 Å². The summed E-state index contributed by atoms with van der Waals surface area (Å²) in [6, 6.07) is 13.2. The lowest BCUT2D eigenvalue weighted by Gasteiger charge is -2.18. The molecule has 0 radical (unpaired) electrons. The molecule has 0 saturated heterocycles. The smallest absolute Gasteiger partial charge is 0.242 e. The van der Waals surface area contributed by atoms with Crippen LogP contribution in [0.1, 0.15) is 43.2 Å². The van der Waals surface area contributed by atoms with Gasteiger partial charge < -0.3 is 31.1 Å². The number of amides is 2. The average molecular weight is 504 g/mol. The number of benzene rings is 2. The molecule has 0 saturated carbocycles. The van der Waals surface area contributed by atoms with Gasteiger partial charge in [-0.3, -0.25) is 9.59 Å². The second-order valence-electron chi connectivity index (χ2n) is 9.40. The molecule has 2 amide bonds. The number of carbonyl (C=O) groups excluding carboxylic acids is 2. The molecule has 196 valence electrons. The van der Waals surface area contributed by atoms with Crippen LogP contribution in [0, 0.1) is 0 Å². The zero-order valence-corrected chi connectivity index (χ0v) is 21.4. The van der Waals surface area contributed by atoms with Crippen LogP contribution >= 0.6 is 0 Å². The highest BCUT2D eigenvalue weighted by atomic mass is 16.5. The first-order valence-electron chi connectivity index (χ1n) is 13.0. The fourth-order valence-corrected chi connectivity index (χ4v) is 4.71. The maximum absolute atomic E-state index is 13.3. The number of aromatic amines is 2. The van der Waals surface area contributed by atoms with E-state index < -0.39 is 6.04 Å². The van der Waals surface area contributed by atoms with Crippen LogP contribution in [0.15, 0.2) is 54.9 Å². The third-order valence-corrected chi connectivity index (χ3v) is 6.78. The van der Waals surface area contributed by atoms with E-state index in [2.05, 4.69) is 20.6 Å². The van der Waals surface area contributed by atoms with Crippen LogP contribution < -0.4 is 21.1 Å². The van der Waals surface area contributed by atoms with Crippen molar-refractivity contribution < 1.29 is 14.3 Å². The Morgan fingerprint density at radius 2 is 1.70 bits per heavy atom. The first-order chi connectivity index (χ1) is 18.1. The van der Waals surface area contributed by atoms with Gasteiger partial charge >= 0.3 is 0 Å². The molecule has 0 fully saturated rings. The molecule has 37 heavy (non-hydrogen) atoms. The van der Waals surface area contributed by atoms with Gasteiger partial charge in [-0.2, -0.15) is 0 Å². The number of unbranched alkanes of at least 4 members (excludes halogenated alkanes) is 3. The number of nitrogens with two attached hydrogens (primary N) is 1. The molecule has 0 aliphatic heterocycles. The van der Waals surface area contributed by atoms with Crippen LogP contribution in [0.25, 0.3) is 21.8 Å². The van der Waals surface area contributed by atoms with Crippen LogP contribution in [0.3, 0.4) is 0 Å². The number of nitrogens with one attached hydrogen (secondary N) is 4. The lowest BCUT2D eigenvalue weighted by atomic mass is 10.0. The van der Waals surface area contributed by atoms with E-state index in [1.807, 2.05) is 54.9 Å². The van der Waals surface area contributed by atoms with E-state index in [4.69, 9.17) is 10.5 Å². The summed E-state index contributed by atoms with van der Waals surface area (Å²) in [7, 11) is 1.65. The summed E-state index contributed by atoms with van der Waals surface area (Å²) in [6.07, 6.45) is 9.09. The Morgan fingerprint density at radius 1 is 0.946 bits per heavy atom. The molecule has 8 nitrogen and oxygen atoms in total. The number of hydrogen-bond acceptors (Lipinski definition) is 4. The number of fused-ring (bicyclic) bond motifs is 2. The molecule has 1 unspecified atom stereocenters. The number of carbonyl (C=O) groups is 2. The molecular formula is C29H37N5O3. The first kappa shape index (κ1) is 26.3. The number of para-hydroxylation sites is 1. The van der Waals surface area contributed by atoms with Crippen LogP contribution in [-0.2, 0) is 22.4 Å². The van der Waals surface area contributed by atoms with E-state index in [0.29, 0.717) is 32.4 Å². The van der Waals surface area contributed by atoms with Gasteiger partial charge in [-0.25, -0.2) is 0 Å². The summed E-state index contributed by atoms with van der Waals surface area (Å²) in [5.41, 5.74) is 9.69. The van der Waals surface area contributed by atoms with Crippen molar-refractivity contribution in [2.75, 3.05) is 20.2 Å². The number of rotatable bonds is 14. The molecular weight excluding hydrogens is 466 g/mol. The zero-order chi connectivity index (χ0) is 26.0. The summed E-state index contributed by atoms with van der Waals surface area (Å²) in [4.78, 5) is 32.5. The molecule has 0 aliphatic rings. The minimum Gasteiger partial charge on any atom is -0.497 e. The van der Waals surface area contributed by atoms with Crippen molar-refractivity contribution in [2.45, 2.75) is 51.0 Å². The van der Waals surface area contributed by atoms with Gasteiger partial charge in [-0.05, 0) is 61.2 Å². The van der Waals surface area contributed by atoms with E-state index in [9.17, 15) is 9.59 Å². The number of ether oxygens (including phenoxy) is 1. The molecule has 1 atom stereocenters. The predicted molar refractivity (Wildman–Crippen MR) is 148 cm³/mol. The average Bonchev–Trinajstić information content (AvgIpc) is 3.51. The van der Waals surface area contributed by atoms with Crippen molar-refractivity contribution in [3.05, 3.63) is 66.0 Å². The quantitative estimate of drug-likeness (QED) is 0.167. The SMILES string of the molecule is COc1ccc2[nH]cc(CCNC(=O)C(Cc3c[nH]c4ccccc34)NC(=O)CCCCCCN)c2c1. The Labute approximate surface area is 217 Å². The Morgan fingerprint density at radius 3 is 2.51 bits per heavy atom. The van der Waals surface area contributed by atoms with Gasteiger partial charge in [0.2, 0.25) is 11.8 Å². The van der Waals surface area contributed by atoms with Crippen molar-refractivity contribution >= 4 is 33.6 Å². The molecule has 0 aliphatic carbocycles. The zero-order valence-electron chi connectivity index (χ0n) is 21.4. The molecule has 8 heteroatoms. The van der Waals surface area contributed by atoms with Crippen molar-refractivity contribution in [2.24, 2.45) is 5.73 Å². The molecule has 0 bridgehead atoms. The van der Waals surface area contributed by atoms with E-state index >= 15 is 0 Å². The normalized spacial score (nSPS) is 12.1. The molecule has 4 aromatic rings.